The predicted molar refractivity (Wildman–Crippen MR) is 73.7 cm³/mol. The molecule has 0 bridgehead atoms. The molecule has 9 heteroatoms. The number of hydrogen-bond acceptors (Lipinski definition) is 3. The number of aliphatic hydroxyl groups excluding tert-OH is 1. The maximum atomic E-state index is 13.1. The van der Waals surface area contributed by atoms with Gasteiger partial charge in [0.15, 0.2) is 6.61 Å². The Morgan fingerprint density at radius 2 is 2.09 bits per heavy atom. The van der Waals surface area contributed by atoms with Gasteiger partial charge in [-0.3, -0.25) is 0 Å². The minimum atomic E-state index is -4.58. The summed E-state index contributed by atoms with van der Waals surface area (Å²) in [6, 6.07) is 2.10. The third-order valence-electron chi connectivity index (χ3n) is 3.22. The Hall–Kier alpha value is -2.03. The molecular weight excluding hydrogens is 320 g/mol. The van der Waals surface area contributed by atoms with Crippen molar-refractivity contribution in [3.05, 3.63) is 24.0 Å². The van der Waals surface area contributed by atoms with Crippen LogP contribution >= 0.6 is 0 Å². The van der Waals surface area contributed by atoms with Crippen molar-refractivity contribution >= 4 is 11.7 Å². The summed E-state index contributed by atoms with van der Waals surface area (Å²) in [5, 5.41) is 14.3. The maximum absolute atomic E-state index is 13.1. The minimum absolute atomic E-state index is 0.0242. The van der Waals surface area contributed by atoms with E-state index in [1.54, 1.807) is 0 Å². The molecule has 2 rings (SSSR count). The van der Waals surface area contributed by atoms with Crippen molar-refractivity contribution in [3.63, 3.8) is 0 Å². The number of aliphatic hydroxyl groups is 1. The maximum Gasteiger partial charge on any atom is 0.422 e. The van der Waals surface area contributed by atoms with Crippen molar-refractivity contribution in [2.75, 3.05) is 18.5 Å². The first kappa shape index (κ1) is 17.3. The van der Waals surface area contributed by atoms with Gasteiger partial charge in [-0.1, -0.05) is 0 Å². The lowest BCUT2D eigenvalue weighted by molar-refractivity contribution is -0.153. The molecule has 1 aliphatic rings. The zero-order chi connectivity index (χ0) is 17.0. The number of anilines is 1. The Kier molecular flexibility index (Phi) is 5.30. The van der Waals surface area contributed by atoms with Gasteiger partial charge in [0.25, 0.3) is 0 Å². The highest BCUT2D eigenvalue weighted by molar-refractivity contribution is 5.90. The van der Waals surface area contributed by atoms with Crippen molar-refractivity contribution in [1.29, 1.82) is 0 Å². The van der Waals surface area contributed by atoms with E-state index in [0.717, 1.165) is 31.0 Å². The molecule has 0 spiro atoms. The fourth-order valence-electron chi connectivity index (χ4n) is 1.89. The monoisotopic (exact) mass is 336 g/mol. The van der Waals surface area contributed by atoms with Crippen molar-refractivity contribution < 1.29 is 32.2 Å². The average Bonchev–Trinajstić information content (AvgIpc) is 3.29. The van der Waals surface area contributed by atoms with E-state index in [4.69, 9.17) is 0 Å². The van der Waals surface area contributed by atoms with Crippen LogP contribution in [0.2, 0.25) is 0 Å². The van der Waals surface area contributed by atoms with E-state index >= 15 is 0 Å². The van der Waals surface area contributed by atoms with Crippen LogP contribution in [0.25, 0.3) is 0 Å². The Morgan fingerprint density at radius 1 is 1.39 bits per heavy atom. The molecule has 1 saturated carbocycles. The third kappa shape index (κ3) is 5.93. The summed E-state index contributed by atoms with van der Waals surface area (Å²) in [6.07, 6.45) is -3.44. The highest BCUT2D eigenvalue weighted by Gasteiger charge is 2.30. The SMILES string of the molecule is O=C(NC[C@@H](O)C1CC1)Nc1ccc(F)cc1OCC(F)(F)F. The molecular formula is C14H16F4N2O3. The van der Waals surface area contributed by atoms with Crippen molar-refractivity contribution in [3.8, 4) is 5.75 Å². The quantitative estimate of drug-likeness (QED) is 0.700. The van der Waals surface area contributed by atoms with Crippen molar-refractivity contribution in [2.45, 2.75) is 25.1 Å². The molecule has 1 aromatic carbocycles. The van der Waals surface area contributed by atoms with Crippen LogP contribution < -0.4 is 15.4 Å². The Morgan fingerprint density at radius 3 is 2.70 bits per heavy atom. The molecule has 0 radical (unpaired) electrons. The van der Waals surface area contributed by atoms with Gasteiger partial charge in [0.2, 0.25) is 0 Å². The van der Waals surface area contributed by atoms with E-state index in [2.05, 4.69) is 15.4 Å². The van der Waals surface area contributed by atoms with E-state index in [0.29, 0.717) is 0 Å². The predicted octanol–water partition coefficient (Wildman–Crippen LogP) is 2.66. The molecule has 0 unspecified atom stereocenters. The van der Waals surface area contributed by atoms with Crippen LogP contribution in [0, 0.1) is 11.7 Å². The summed E-state index contributed by atoms with van der Waals surface area (Å²) in [5.41, 5.74) is -0.103. The molecule has 3 N–H and O–H groups in total. The van der Waals surface area contributed by atoms with Crippen LogP contribution in [0.4, 0.5) is 28.0 Å². The molecule has 0 aromatic heterocycles. The number of hydrogen-bond donors (Lipinski definition) is 3. The lowest BCUT2D eigenvalue weighted by Gasteiger charge is -2.15. The van der Waals surface area contributed by atoms with Crippen LogP contribution in [-0.4, -0.2) is 36.6 Å². The smallest absolute Gasteiger partial charge is 0.422 e. The second-order valence-corrected chi connectivity index (χ2v) is 5.28. The zero-order valence-corrected chi connectivity index (χ0v) is 12.0. The minimum Gasteiger partial charge on any atom is -0.482 e. The second kappa shape index (κ2) is 7.03. The number of alkyl halides is 3. The number of urea groups is 1. The molecule has 1 atom stereocenters. The number of rotatable bonds is 6. The first-order chi connectivity index (χ1) is 10.7. The first-order valence-electron chi connectivity index (χ1n) is 6.96. The molecule has 1 aliphatic carbocycles. The Labute approximate surface area is 129 Å². The highest BCUT2D eigenvalue weighted by atomic mass is 19.4. The van der Waals surface area contributed by atoms with Gasteiger partial charge in [-0.05, 0) is 30.9 Å². The normalized spacial score (nSPS) is 15.9. The van der Waals surface area contributed by atoms with E-state index in [9.17, 15) is 27.5 Å². The van der Waals surface area contributed by atoms with Gasteiger partial charge in [0.05, 0.1) is 11.8 Å². The van der Waals surface area contributed by atoms with Gasteiger partial charge in [-0.2, -0.15) is 13.2 Å². The van der Waals surface area contributed by atoms with Gasteiger partial charge in [-0.25, -0.2) is 9.18 Å². The lowest BCUT2D eigenvalue weighted by Crippen LogP contribution is -2.36. The number of amides is 2. The molecule has 128 valence electrons. The van der Waals surface area contributed by atoms with Crippen LogP contribution in [0.3, 0.4) is 0 Å². The van der Waals surface area contributed by atoms with Crippen LogP contribution in [0.5, 0.6) is 5.75 Å². The summed E-state index contributed by atoms with van der Waals surface area (Å²) in [6.45, 7) is -1.58. The standard InChI is InChI=1S/C14H16F4N2O3/c15-9-3-4-10(12(5-9)23-7-14(16,17)18)20-13(22)19-6-11(21)8-1-2-8/h3-5,8,11,21H,1-2,6-7H2,(H2,19,20,22)/t11-/m1/s1. The summed E-state index contributed by atoms with van der Waals surface area (Å²) in [7, 11) is 0. The van der Waals surface area contributed by atoms with Gasteiger partial charge in [0, 0.05) is 12.6 Å². The summed E-state index contributed by atoms with van der Waals surface area (Å²) < 4.78 is 54.2. The first-order valence-corrected chi connectivity index (χ1v) is 6.96. The lowest BCUT2D eigenvalue weighted by atomic mass is 10.2. The Balaban J connectivity index is 1.93. The van der Waals surface area contributed by atoms with Gasteiger partial charge >= 0.3 is 12.2 Å². The highest BCUT2D eigenvalue weighted by Crippen LogP contribution is 2.32. The molecule has 5 nitrogen and oxygen atoms in total. The van der Waals surface area contributed by atoms with Crippen molar-refractivity contribution in [2.24, 2.45) is 5.92 Å². The number of carbonyl (C=O) groups is 1. The van der Waals surface area contributed by atoms with Gasteiger partial charge < -0.3 is 20.5 Å². The van der Waals surface area contributed by atoms with E-state index in [1.807, 2.05) is 0 Å². The molecule has 1 aromatic rings. The zero-order valence-electron chi connectivity index (χ0n) is 12.0. The summed E-state index contributed by atoms with van der Waals surface area (Å²) in [4.78, 5) is 11.7. The van der Waals surface area contributed by atoms with E-state index in [-0.39, 0.29) is 18.2 Å². The number of nitrogens with one attached hydrogen (secondary N) is 2. The third-order valence-corrected chi connectivity index (χ3v) is 3.22. The van der Waals surface area contributed by atoms with Crippen LogP contribution in [-0.2, 0) is 0 Å². The van der Waals surface area contributed by atoms with Crippen LogP contribution in [0.15, 0.2) is 18.2 Å². The molecule has 0 aliphatic heterocycles. The average molecular weight is 336 g/mol. The number of halogens is 4. The van der Waals surface area contributed by atoms with Gasteiger partial charge in [0.1, 0.15) is 11.6 Å². The Bertz CT molecular complexity index is 561. The molecule has 0 heterocycles. The topological polar surface area (TPSA) is 70.6 Å². The summed E-state index contributed by atoms with van der Waals surface area (Å²) in [5.74, 6) is -1.05. The second-order valence-electron chi connectivity index (χ2n) is 5.28. The molecule has 0 saturated heterocycles. The number of carbonyl (C=O) groups excluding carboxylic acids is 1. The summed E-state index contributed by atoms with van der Waals surface area (Å²) >= 11 is 0. The van der Waals surface area contributed by atoms with Crippen molar-refractivity contribution in [1.82, 2.24) is 5.32 Å². The fraction of sp³-hybridized carbons (Fsp3) is 0.500. The largest absolute Gasteiger partial charge is 0.482 e. The molecule has 2 amide bonds. The molecule has 1 fully saturated rings. The van der Waals surface area contributed by atoms with E-state index < -0.39 is 36.5 Å². The fourth-order valence-corrected chi connectivity index (χ4v) is 1.89. The number of benzene rings is 1. The number of ether oxygens (including phenoxy) is 1. The van der Waals surface area contributed by atoms with E-state index in [1.165, 1.54) is 0 Å². The van der Waals surface area contributed by atoms with Crippen LogP contribution in [0.1, 0.15) is 12.8 Å². The molecule has 23 heavy (non-hydrogen) atoms. The van der Waals surface area contributed by atoms with Gasteiger partial charge in [-0.15, -0.1) is 0 Å².